The van der Waals surface area contributed by atoms with E-state index in [4.69, 9.17) is 5.11 Å². The average molecular weight is 296 g/mol. The zero-order valence-corrected chi connectivity index (χ0v) is 11.3. The molecule has 1 amide bonds. The summed E-state index contributed by atoms with van der Waals surface area (Å²) in [6.45, 7) is 0. The molecule has 110 valence electrons. The number of nitrogens with one attached hydrogen (secondary N) is 2. The molecular formula is C16H12N2O4. The standard InChI is InChI=1S/C16H12N2O4/c19-14-7-9(5-6-11(14)16(21)22)17-8-12-10-3-1-2-4-13(10)18-15(12)20/h1-8,17,19H,(H,18,20)(H,21,22). The number of carbonyl (C=O) groups is 2. The van der Waals surface area contributed by atoms with E-state index in [0.29, 0.717) is 11.3 Å². The maximum absolute atomic E-state index is 11.9. The molecule has 0 saturated heterocycles. The number of hydrogen-bond acceptors (Lipinski definition) is 4. The highest BCUT2D eigenvalue weighted by molar-refractivity contribution is 6.31. The zero-order valence-electron chi connectivity index (χ0n) is 11.3. The van der Waals surface area contributed by atoms with Gasteiger partial charge >= 0.3 is 5.97 Å². The van der Waals surface area contributed by atoms with E-state index in [1.165, 1.54) is 24.4 Å². The molecule has 1 aliphatic heterocycles. The summed E-state index contributed by atoms with van der Waals surface area (Å²) in [6.07, 6.45) is 1.52. The lowest BCUT2D eigenvalue weighted by molar-refractivity contribution is -0.110. The Balaban J connectivity index is 1.87. The molecule has 6 nitrogen and oxygen atoms in total. The quantitative estimate of drug-likeness (QED) is 0.652. The number of para-hydroxylation sites is 1. The number of aromatic hydroxyl groups is 1. The van der Waals surface area contributed by atoms with Crippen LogP contribution in [-0.2, 0) is 4.79 Å². The van der Waals surface area contributed by atoms with Crippen molar-refractivity contribution >= 4 is 28.8 Å². The summed E-state index contributed by atoms with van der Waals surface area (Å²) in [6, 6.07) is 11.4. The molecule has 0 atom stereocenters. The lowest BCUT2D eigenvalue weighted by Gasteiger charge is -2.05. The van der Waals surface area contributed by atoms with Gasteiger partial charge < -0.3 is 20.8 Å². The second kappa shape index (κ2) is 5.25. The third-order valence-corrected chi connectivity index (χ3v) is 3.32. The van der Waals surface area contributed by atoms with E-state index in [2.05, 4.69) is 10.6 Å². The fourth-order valence-electron chi connectivity index (χ4n) is 2.24. The molecule has 1 aliphatic rings. The molecule has 2 aromatic rings. The molecule has 0 unspecified atom stereocenters. The third kappa shape index (κ3) is 2.37. The number of carboxylic acids is 1. The van der Waals surface area contributed by atoms with Crippen LogP contribution in [0, 0.1) is 0 Å². The minimum Gasteiger partial charge on any atom is -0.507 e. The fourth-order valence-corrected chi connectivity index (χ4v) is 2.24. The first kappa shape index (κ1) is 13.7. The van der Waals surface area contributed by atoms with Gasteiger partial charge in [0.2, 0.25) is 0 Å². The van der Waals surface area contributed by atoms with Gasteiger partial charge in [-0.1, -0.05) is 18.2 Å². The zero-order chi connectivity index (χ0) is 15.7. The second-order valence-corrected chi connectivity index (χ2v) is 4.74. The van der Waals surface area contributed by atoms with Crippen LogP contribution >= 0.6 is 0 Å². The number of anilines is 2. The van der Waals surface area contributed by atoms with Gasteiger partial charge in [0, 0.05) is 29.2 Å². The van der Waals surface area contributed by atoms with E-state index in [-0.39, 0.29) is 17.2 Å². The van der Waals surface area contributed by atoms with Gasteiger partial charge in [-0.3, -0.25) is 4.79 Å². The Bertz CT molecular complexity index is 812. The molecule has 0 spiro atoms. The minimum atomic E-state index is -1.20. The highest BCUT2D eigenvalue weighted by Crippen LogP contribution is 2.31. The third-order valence-electron chi connectivity index (χ3n) is 3.32. The number of aromatic carboxylic acids is 1. The van der Waals surface area contributed by atoms with E-state index >= 15 is 0 Å². The Kier molecular flexibility index (Phi) is 3.27. The number of phenols is 1. The minimum absolute atomic E-state index is 0.179. The topological polar surface area (TPSA) is 98.7 Å². The van der Waals surface area contributed by atoms with Gasteiger partial charge in [0.05, 0.1) is 5.57 Å². The molecule has 0 aromatic heterocycles. The number of rotatable bonds is 3. The van der Waals surface area contributed by atoms with Gasteiger partial charge in [-0.2, -0.15) is 0 Å². The van der Waals surface area contributed by atoms with Crippen LogP contribution in [0.1, 0.15) is 15.9 Å². The molecule has 0 fully saturated rings. The lowest BCUT2D eigenvalue weighted by Crippen LogP contribution is -2.05. The van der Waals surface area contributed by atoms with Crippen LogP contribution in [0.4, 0.5) is 11.4 Å². The normalized spacial score (nSPS) is 14.5. The van der Waals surface area contributed by atoms with Gasteiger partial charge in [-0.15, -0.1) is 0 Å². The first-order valence-electron chi connectivity index (χ1n) is 6.50. The van der Waals surface area contributed by atoms with E-state index in [1.807, 2.05) is 24.3 Å². The maximum atomic E-state index is 11.9. The number of carboxylic acid groups (broad SMARTS) is 1. The largest absolute Gasteiger partial charge is 0.507 e. The predicted molar refractivity (Wildman–Crippen MR) is 81.7 cm³/mol. The Morgan fingerprint density at radius 1 is 1.18 bits per heavy atom. The van der Waals surface area contributed by atoms with Crippen molar-refractivity contribution in [2.75, 3.05) is 10.6 Å². The van der Waals surface area contributed by atoms with Crippen LogP contribution in [0.3, 0.4) is 0 Å². The van der Waals surface area contributed by atoms with Gasteiger partial charge in [0.15, 0.2) is 0 Å². The number of fused-ring (bicyclic) bond motifs is 1. The molecular weight excluding hydrogens is 284 g/mol. The molecule has 1 heterocycles. The molecule has 22 heavy (non-hydrogen) atoms. The van der Waals surface area contributed by atoms with Crippen molar-refractivity contribution < 1.29 is 19.8 Å². The Labute approximate surface area is 125 Å². The van der Waals surface area contributed by atoms with E-state index < -0.39 is 5.97 Å². The van der Waals surface area contributed by atoms with Crippen molar-refractivity contribution in [1.82, 2.24) is 0 Å². The molecule has 0 radical (unpaired) electrons. The van der Waals surface area contributed by atoms with Crippen LogP contribution in [0.15, 0.2) is 48.7 Å². The van der Waals surface area contributed by atoms with Crippen LogP contribution in [-0.4, -0.2) is 22.1 Å². The smallest absolute Gasteiger partial charge is 0.339 e. The summed E-state index contributed by atoms with van der Waals surface area (Å²) in [5.74, 6) is -1.77. The van der Waals surface area contributed by atoms with Gasteiger partial charge in [-0.05, 0) is 18.2 Å². The summed E-state index contributed by atoms with van der Waals surface area (Å²) < 4.78 is 0. The number of benzene rings is 2. The number of amides is 1. The van der Waals surface area contributed by atoms with Crippen LogP contribution in [0.2, 0.25) is 0 Å². The van der Waals surface area contributed by atoms with Crippen molar-refractivity contribution in [3.63, 3.8) is 0 Å². The van der Waals surface area contributed by atoms with Gasteiger partial charge in [0.1, 0.15) is 11.3 Å². The molecule has 4 N–H and O–H groups in total. The van der Waals surface area contributed by atoms with Crippen LogP contribution in [0.25, 0.3) is 5.57 Å². The Morgan fingerprint density at radius 3 is 2.68 bits per heavy atom. The Hall–Kier alpha value is -3.28. The Morgan fingerprint density at radius 2 is 1.95 bits per heavy atom. The SMILES string of the molecule is O=C1Nc2ccccc2C1=CNc1ccc(C(=O)O)c(O)c1. The predicted octanol–water partition coefficient (Wildman–Crippen LogP) is 2.50. The summed E-state index contributed by atoms with van der Waals surface area (Å²) in [5, 5.41) is 24.1. The molecule has 3 rings (SSSR count). The lowest BCUT2D eigenvalue weighted by atomic mass is 10.1. The molecule has 0 aliphatic carbocycles. The maximum Gasteiger partial charge on any atom is 0.339 e. The number of carbonyl (C=O) groups excluding carboxylic acids is 1. The van der Waals surface area contributed by atoms with Gasteiger partial charge in [0.25, 0.3) is 5.91 Å². The molecule has 6 heteroatoms. The van der Waals surface area contributed by atoms with Crippen LogP contribution < -0.4 is 10.6 Å². The molecule has 0 saturated carbocycles. The summed E-state index contributed by atoms with van der Waals surface area (Å²) in [4.78, 5) is 22.8. The first-order valence-corrected chi connectivity index (χ1v) is 6.50. The average Bonchev–Trinajstić information content (AvgIpc) is 2.80. The summed E-state index contributed by atoms with van der Waals surface area (Å²) in [5.41, 5.74) is 2.29. The summed E-state index contributed by atoms with van der Waals surface area (Å²) >= 11 is 0. The van der Waals surface area contributed by atoms with Gasteiger partial charge in [-0.25, -0.2) is 4.79 Å². The fraction of sp³-hybridized carbons (Fsp3) is 0. The monoisotopic (exact) mass is 296 g/mol. The van der Waals surface area contributed by atoms with Crippen molar-refractivity contribution in [1.29, 1.82) is 0 Å². The second-order valence-electron chi connectivity index (χ2n) is 4.74. The van der Waals surface area contributed by atoms with Crippen molar-refractivity contribution in [2.24, 2.45) is 0 Å². The molecule has 2 aromatic carbocycles. The van der Waals surface area contributed by atoms with E-state index in [1.54, 1.807) is 0 Å². The van der Waals surface area contributed by atoms with Crippen molar-refractivity contribution in [3.8, 4) is 5.75 Å². The summed E-state index contributed by atoms with van der Waals surface area (Å²) in [7, 11) is 0. The highest BCUT2D eigenvalue weighted by atomic mass is 16.4. The van der Waals surface area contributed by atoms with Crippen LogP contribution in [0.5, 0.6) is 5.75 Å². The number of hydrogen-bond donors (Lipinski definition) is 4. The van der Waals surface area contributed by atoms with E-state index in [9.17, 15) is 14.7 Å². The van der Waals surface area contributed by atoms with Crippen molar-refractivity contribution in [3.05, 3.63) is 59.8 Å². The highest BCUT2D eigenvalue weighted by Gasteiger charge is 2.23. The first-order chi connectivity index (χ1) is 10.6. The molecule has 0 bridgehead atoms. The van der Waals surface area contributed by atoms with E-state index in [0.717, 1.165) is 11.3 Å². The van der Waals surface area contributed by atoms with Crippen molar-refractivity contribution in [2.45, 2.75) is 0 Å².